The number of aliphatic hydroxyl groups is 1. The molecule has 2 N–H and O–H groups in total. The summed E-state index contributed by atoms with van der Waals surface area (Å²) in [6.07, 6.45) is 2.19. The molecule has 4 rings (SSSR count). The number of benzene rings is 2. The van der Waals surface area contributed by atoms with Gasteiger partial charge in [-0.15, -0.1) is 0 Å². The molecule has 0 amide bonds. The molecule has 0 radical (unpaired) electrons. The van der Waals surface area contributed by atoms with Crippen LogP contribution in [-0.4, -0.2) is 31.6 Å². The van der Waals surface area contributed by atoms with Crippen LogP contribution in [0.1, 0.15) is 30.7 Å². The van der Waals surface area contributed by atoms with Crippen LogP contribution in [-0.2, 0) is 0 Å². The Labute approximate surface area is 179 Å². The molecule has 0 saturated heterocycles. The highest BCUT2D eigenvalue weighted by Gasteiger charge is 2.19. The predicted molar refractivity (Wildman–Crippen MR) is 116 cm³/mol. The number of aromatic nitrogens is 4. The van der Waals surface area contributed by atoms with E-state index in [0.29, 0.717) is 29.3 Å². The highest BCUT2D eigenvalue weighted by atomic mass is 19.1. The number of imidazole rings is 1. The normalized spacial score (nSPS) is 12.0. The second-order valence-electron chi connectivity index (χ2n) is 7.41. The van der Waals surface area contributed by atoms with Gasteiger partial charge in [0.05, 0.1) is 17.1 Å². The maximum atomic E-state index is 13.5. The van der Waals surface area contributed by atoms with Crippen molar-refractivity contribution in [1.29, 1.82) is 0 Å². The fraction of sp³-hybridized carbons (Fsp3) is 0.208. The van der Waals surface area contributed by atoms with Crippen molar-refractivity contribution in [2.24, 2.45) is 0 Å². The Morgan fingerprint density at radius 3 is 2.48 bits per heavy atom. The average Bonchev–Trinajstić information content (AvgIpc) is 3.22. The van der Waals surface area contributed by atoms with Crippen LogP contribution in [0.4, 0.5) is 4.39 Å². The number of aryl methyl sites for hydroxylation is 1. The smallest absolute Gasteiger partial charge is 0.322 e. The minimum Gasteiger partial charge on any atom is -0.424 e. The third kappa shape index (κ3) is 4.78. The van der Waals surface area contributed by atoms with Crippen LogP contribution in [0.15, 0.2) is 60.8 Å². The van der Waals surface area contributed by atoms with Crippen molar-refractivity contribution < 1.29 is 14.2 Å². The van der Waals surface area contributed by atoms with Gasteiger partial charge in [-0.05, 0) is 55.8 Å². The van der Waals surface area contributed by atoms with Crippen LogP contribution in [0.5, 0.6) is 11.8 Å². The molecule has 0 aliphatic heterocycles. The van der Waals surface area contributed by atoms with Crippen molar-refractivity contribution in [3.63, 3.8) is 0 Å². The van der Waals surface area contributed by atoms with Gasteiger partial charge in [-0.2, -0.15) is 4.98 Å². The molecular weight excluding hydrogens is 395 g/mol. The molecule has 0 fully saturated rings. The minimum atomic E-state index is -0.314. The van der Waals surface area contributed by atoms with Crippen molar-refractivity contribution >= 4 is 0 Å². The van der Waals surface area contributed by atoms with E-state index in [1.165, 1.54) is 12.1 Å². The number of halogens is 1. The van der Waals surface area contributed by atoms with Gasteiger partial charge in [0.2, 0.25) is 0 Å². The van der Waals surface area contributed by atoms with Gasteiger partial charge in [0.25, 0.3) is 0 Å². The van der Waals surface area contributed by atoms with E-state index in [2.05, 4.69) is 15.0 Å². The fourth-order valence-corrected chi connectivity index (χ4v) is 3.20. The van der Waals surface area contributed by atoms with Gasteiger partial charge in [-0.3, -0.25) is 0 Å². The van der Waals surface area contributed by atoms with Gasteiger partial charge < -0.3 is 14.8 Å². The molecule has 7 heteroatoms. The standard InChI is InChI=1S/C24H23FN4O2/c1-15-3-9-19(10-4-15)31-24-26-13-11-20(27-24)22-21(17-5-7-18(25)8-6-17)28-23(29-22)16(2)12-14-30/h3-11,13,16,30H,12,14H2,1-2H3,(H,28,29). The van der Waals surface area contributed by atoms with E-state index < -0.39 is 0 Å². The van der Waals surface area contributed by atoms with Crippen molar-refractivity contribution in [2.75, 3.05) is 6.61 Å². The summed E-state index contributed by atoms with van der Waals surface area (Å²) in [7, 11) is 0. The lowest BCUT2D eigenvalue weighted by atomic mass is 10.1. The highest BCUT2D eigenvalue weighted by Crippen LogP contribution is 2.32. The first-order valence-corrected chi connectivity index (χ1v) is 10.1. The second kappa shape index (κ2) is 9.06. The number of aromatic amines is 1. The summed E-state index contributed by atoms with van der Waals surface area (Å²) in [5, 5.41) is 9.31. The Bertz CT molecular complexity index is 1160. The summed E-state index contributed by atoms with van der Waals surface area (Å²) >= 11 is 0. The average molecular weight is 418 g/mol. The monoisotopic (exact) mass is 418 g/mol. The van der Waals surface area contributed by atoms with Crippen molar-refractivity contribution in [1.82, 2.24) is 19.9 Å². The molecule has 0 aliphatic carbocycles. The molecule has 31 heavy (non-hydrogen) atoms. The first kappa shape index (κ1) is 20.7. The number of hydrogen-bond donors (Lipinski definition) is 2. The van der Waals surface area contributed by atoms with Crippen LogP contribution < -0.4 is 4.74 Å². The maximum Gasteiger partial charge on any atom is 0.322 e. The lowest BCUT2D eigenvalue weighted by Gasteiger charge is -2.07. The van der Waals surface area contributed by atoms with E-state index in [1.807, 2.05) is 38.1 Å². The summed E-state index contributed by atoms with van der Waals surface area (Å²) in [6.45, 7) is 4.05. The third-order valence-corrected chi connectivity index (χ3v) is 4.99. The van der Waals surface area contributed by atoms with Gasteiger partial charge in [-0.1, -0.05) is 24.6 Å². The van der Waals surface area contributed by atoms with Gasteiger partial charge in [0, 0.05) is 24.3 Å². The summed E-state index contributed by atoms with van der Waals surface area (Å²) in [6, 6.07) is 15.8. The Morgan fingerprint density at radius 2 is 1.77 bits per heavy atom. The summed E-state index contributed by atoms with van der Waals surface area (Å²) in [4.78, 5) is 16.8. The Balaban J connectivity index is 1.73. The molecule has 2 heterocycles. The number of rotatable bonds is 7. The Kier molecular flexibility index (Phi) is 6.04. The number of nitrogens with zero attached hydrogens (tertiary/aromatic N) is 3. The van der Waals surface area contributed by atoms with E-state index in [1.54, 1.807) is 24.4 Å². The van der Waals surface area contributed by atoms with Gasteiger partial charge in [0.15, 0.2) is 0 Å². The molecule has 6 nitrogen and oxygen atoms in total. The Morgan fingerprint density at radius 1 is 1.03 bits per heavy atom. The van der Waals surface area contributed by atoms with Crippen molar-refractivity contribution in [2.45, 2.75) is 26.2 Å². The van der Waals surface area contributed by atoms with Gasteiger partial charge >= 0.3 is 6.01 Å². The molecule has 2 aromatic carbocycles. The molecule has 1 atom stereocenters. The predicted octanol–water partition coefficient (Wildman–Crippen LogP) is 5.26. The Hall–Kier alpha value is -3.58. The molecule has 1 unspecified atom stereocenters. The lowest BCUT2D eigenvalue weighted by Crippen LogP contribution is -1.99. The van der Waals surface area contributed by atoms with Gasteiger partial charge in [-0.25, -0.2) is 14.4 Å². The SMILES string of the molecule is Cc1ccc(Oc2nccc(-c3[nH]c(C(C)CCO)nc3-c3ccc(F)cc3)n2)cc1. The van der Waals surface area contributed by atoms with Crippen molar-refractivity contribution in [3.05, 3.63) is 78.0 Å². The number of nitrogens with one attached hydrogen (secondary N) is 1. The molecule has 0 saturated carbocycles. The number of H-pyrrole nitrogens is 1. The lowest BCUT2D eigenvalue weighted by molar-refractivity contribution is 0.277. The van der Waals surface area contributed by atoms with Crippen LogP contribution in [0.25, 0.3) is 22.6 Å². The van der Waals surface area contributed by atoms with Crippen LogP contribution in [0.2, 0.25) is 0 Å². The third-order valence-electron chi connectivity index (χ3n) is 4.99. The minimum absolute atomic E-state index is 0.0167. The second-order valence-corrected chi connectivity index (χ2v) is 7.41. The zero-order valence-electron chi connectivity index (χ0n) is 17.3. The van der Waals surface area contributed by atoms with E-state index >= 15 is 0 Å². The quantitative estimate of drug-likeness (QED) is 0.428. The summed E-state index contributed by atoms with van der Waals surface area (Å²) in [5.41, 5.74) is 3.83. The zero-order chi connectivity index (χ0) is 21.8. The van der Waals surface area contributed by atoms with E-state index in [4.69, 9.17) is 9.72 Å². The van der Waals surface area contributed by atoms with Crippen LogP contribution in [0.3, 0.4) is 0 Å². The molecule has 0 bridgehead atoms. The number of ether oxygens (including phenoxy) is 1. The first-order chi connectivity index (χ1) is 15.0. The molecule has 4 aromatic rings. The maximum absolute atomic E-state index is 13.5. The van der Waals surface area contributed by atoms with Gasteiger partial charge in [0.1, 0.15) is 17.4 Å². The highest BCUT2D eigenvalue weighted by molar-refractivity contribution is 5.76. The molecule has 158 valence electrons. The van der Waals surface area contributed by atoms with E-state index in [9.17, 15) is 9.50 Å². The van der Waals surface area contributed by atoms with Crippen molar-refractivity contribution in [3.8, 4) is 34.4 Å². The molecule has 0 aliphatic rings. The fourth-order valence-electron chi connectivity index (χ4n) is 3.20. The van der Waals surface area contributed by atoms with Crippen LogP contribution in [0, 0.1) is 12.7 Å². The topological polar surface area (TPSA) is 83.9 Å². The first-order valence-electron chi connectivity index (χ1n) is 10.1. The van der Waals surface area contributed by atoms with E-state index in [-0.39, 0.29) is 24.4 Å². The summed E-state index contributed by atoms with van der Waals surface area (Å²) < 4.78 is 19.3. The largest absolute Gasteiger partial charge is 0.424 e. The summed E-state index contributed by atoms with van der Waals surface area (Å²) in [5.74, 6) is 1.07. The van der Waals surface area contributed by atoms with Crippen LogP contribution >= 0.6 is 0 Å². The molecular formula is C24H23FN4O2. The van der Waals surface area contributed by atoms with E-state index in [0.717, 1.165) is 17.0 Å². The molecule has 0 spiro atoms. The zero-order valence-corrected chi connectivity index (χ0v) is 17.3. The molecule has 2 aromatic heterocycles. The number of aliphatic hydroxyl groups excluding tert-OH is 1. The number of hydrogen-bond acceptors (Lipinski definition) is 5.